The van der Waals surface area contributed by atoms with Gasteiger partial charge < -0.3 is 157 Å². The van der Waals surface area contributed by atoms with E-state index in [2.05, 4.69) is 0 Å². The van der Waals surface area contributed by atoms with E-state index in [0.717, 1.165) is 0 Å². The van der Waals surface area contributed by atoms with Gasteiger partial charge in [-0.2, -0.15) is 0 Å². The fourth-order valence-corrected chi connectivity index (χ4v) is 10.8. The Kier molecular flexibility index (Phi) is 33.8. The Morgan fingerprint density at radius 3 is 1.06 bits per heavy atom. The van der Waals surface area contributed by atoms with Gasteiger partial charge in [-0.25, -0.2) is 0 Å². The molecule has 85 heavy (non-hydrogen) atoms. The Labute approximate surface area is 494 Å². The zero-order chi connectivity index (χ0) is 62.3. The molecule has 14 N–H and O–H groups in total. The van der Waals surface area contributed by atoms with Gasteiger partial charge in [-0.3, -0.25) is 0 Å². The van der Waals surface area contributed by atoms with Crippen LogP contribution in [0.1, 0.15) is 41.5 Å². The second-order valence-corrected chi connectivity index (χ2v) is 21.8. The SMILES string of the molecule is CC(C)O[C@@H]1OC(COCCO)[C@H](O[C@@H]2OC(CO[C@@H]3C(COCCO)O[C@@H](OC(C)C)C(OCCO)[C@H]3O)[C@H](O[C@@H]3OC(CO)[C@H](O[C@@H]4OC(COCCO)[C@@H](C(C)C)C(O)C4OCCO)C(O)C3OCCO)C(O)C2O)C(O)C1OCCO. The highest BCUT2D eigenvalue weighted by molar-refractivity contribution is 5.00. The first-order valence-corrected chi connectivity index (χ1v) is 29.2. The average Bonchev–Trinajstić information content (AvgIpc) is 3.06. The highest BCUT2D eigenvalue weighted by Gasteiger charge is 2.58. The third-order valence-corrected chi connectivity index (χ3v) is 14.5. The Hall–Kier alpha value is -1.28. The zero-order valence-electron chi connectivity index (χ0n) is 49.2. The number of hydrogen-bond acceptors (Lipinski definition) is 32. The molecule has 0 spiro atoms. The van der Waals surface area contributed by atoms with Crippen molar-refractivity contribution in [1.29, 1.82) is 0 Å². The Morgan fingerprint density at radius 2 is 0.635 bits per heavy atom. The van der Waals surface area contributed by atoms with Gasteiger partial charge in [-0.15, -0.1) is 0 Å². The molecule has 0 amide bonds. The van der Waals surface area contributed by atoms with E-state index in [9.17, 15) is 71.5 Å². The number of ether oxygens (including phenoxy) is 18. The van der Waals surface area contributed by atoms with Gasteiger partial charge in [0.2, 0.25) is 0 Å². The predicted octanol–water partition coefficient (Wildman–Crippen LogP) is -7.03. The molecule has 0 saturated carbocycles. The lowest BCUT2D eigenvalue weighted by molar-refractivity contribution is -0.395. The fraction of sp³-hybridized carbons (Fsp3) is 1.00. The number of aliphatic hydroxyl groups is 14. The van der Waals surface area contributed by atoms with Crippen molar-refractivity contribution in [2.24, 2.45) is 11.8 Å². The molecule has 0 aromatic heterocycles. The third-order valence-electron chi connectivity index (χ3n) is 14.5. The van der Waals surface area contributed by atoms with Gasteiger partial charge in [0.05, 0.1) is 150 Å². The van der Waals surface area contributed by atoms with Crippen molar-refractivity contribution in [1.82, 2.24) is 0 Å². The van der Waals surface area contributed by atoms with E-state index in [0.29, 0.717) is 0 Å². The van der Waals surface area contributed by atoms with Crippen molar-refractivity contribution in [3.63, 3.8) is 0 Å². The van der Waals surface area contributed by atoms with Crippen LogP contribution >= 0.6 is 0 Å². The first-order chi connectivity index (χ1) is 40.8. The molecule has 0 aliphatic carbocycles. The maximum absolute atomic E-state index is 12.3. The van der Waals surface area contributed by atoms with Crippen molar-refractivity contribution in [2.75, 3.05) is 126 Å². The Bertz CT molecular complexity index is 1740. The number of rotatable bonds is 39. The van der Waals surface area contributed by atoms with Crippen LogP contribution in [0.2, 0.25) is 0 Å². The minimum Gasteiger partial charge on any atom is -0.394 e. The molecule has 0 aromatic carbocycles. The largest absolute Gasteiger partial charge is 0.394 e. The summed E-state index contributed by atoms with van der Waals surface area (Å²) >= 11 is 0. The second-order valence-electron chi connectivity index (χ2n) is 21.8. The third kappa shape index (κ3) is 20.9. The molecule has 0 aromatic rings. The zero-order valence-corrected chi connectivity index (χ0v) is 49.2. The normalized spacial score (nSPS) is 39.4. The van der Waals surface area contributed by atoms with E-state index in [1.54, 1.807) is 27.7 Å². The molecule has 0 radical (unpaired) electrons. The van der Waals surface area contributed by atoms with E-state index in [1.165, 1.54) is 0 Å². The molecule has 32 heteroatoms. The van der Waals surface area contributed by atoms with Crippen LogP contribution in [0.3, 0.4) is 0 Å². The van der Waals surface area contributed by atoms with Crippen molar-refractivity contribution < 1.29 is 157 Å². The molecule has 25 atom stereocenters. The molecule has 32 nitrogen and oxygen atoms in total. The molecule has 502 valence electrons. The summed E-state index contributed by atoms with van der Waals surface area (Å²) in [6.07, 6.45) is -38.2. The van der Waals surface area contributed by atoms with Gasteiger partial charge in [0.1, 0.15) is 104 Å². The smallest absolute Gasteiger partial charge is 0.187 e. The number of hydrogen-bond donors (Lipinski definition) is 14. The quantitative estimate of drug-likeness (QED) is 0.0254. The summed E-state index contributed by atoms with van der Waals surface area (Å²) < 4.78 is 109. The van der Waals surface area contributed by atoms with Gasteiger partial charge in [0.25, 0.3) is 0 Å². The first kappa shape index (κ1) is 74.4. The van der Waals surface area contributed by atoms with Crippen molar-refractivity contribution in [3.05, 3.63) is 0 Å². The molecule has 14 unspecified atom stereocenters. The first-order valence-electron chi connectivity index (χ1n) is 29.2. The van der Waals surface area contributed by atoms with Gasteiger partial charge in [-0.05, 0) is 33.6 Å². The van der Waals surface area contributed by atoms with Gasteiger partial charge in [0.15, 0.2) is 31.5 Å². The lowest BCUT2D eigenvalue weighted by Crippen LogP contribution is -2.68. The van der Waals surface area contributed by atoms with Gasteiger partial charge in [0, 0.05) is 5.92 Å². The molecular weight excluding hydrogens is 1150 g/mol. The molecule has 5 aliphatic heterocycles. The van der Waals surface area contributed by atoms with Crippen LogP contribution in [0.5, 0.6) is 0 Å². The molecule has 5 fully saturated rings. The molecule has 5 aliphatic rings. The summed E-state index contributed by atoms with van der Waals surface area (Å²) in [6.45, 7) is 3.29. The Balaban J connectivity index is 1.54. The summed E-state index contributed by atoms with van der Waals surface area (Å²) in [5, 5.41) is 151. The minimum atomic E-state index is -2.12. The van der Waals surface area contributed by atoms with E-state index in [-0.39, 0.29) is 78.6 Å². The molecular formula is C53H98O32. The van der Waals surface area contributed by atoms with Crippen LogP contribution < -0.4 is 0 Å². The molecule has 5 saturated heterocycles. The lowest BCUT2D eigenvalue weighted by atomic mass is 9.81. The van der Waals surface area contributed by atoms with Gasteiger partial charge >= 0.3 is 0 Å². The van der Waals surface area contributed by atoms with Crippen LogP contribution in [-0.4, -0.2) is 357 Å². The van der Waals surface area contributed by atoms with Crippen LogP contribution in [-0.2, 0) is 85.3 Å². The van der Waals surface area contributed by atoms with Crippen molar-refractivity contribution in [2.45, 2.75) is 201 Å². The number of aliphatic hydroxyl groups excluding tert-OH is 14. The van der Waals surface area contributed by atoms with E-state index in [1.807, 2.05) is 13.8 Å². The molecule has 5 rings (SSSR count). The average molecular weight is 1250 g/mol. The second kappa shape index (κ2) is 38.5. The van der Waals surface area contributed by atoms with Crippen LogP contribution in [0.4, 0.5) is 0 Å². The van der Waals surface area contributed by atoms with Gasteiger partial charge in [-0.1, -0.05) is 13.8 Å². The molecule has 0 bridgehead atoms. The summed E-state index contributed by atoms with van der Waals surface area (Å²) in [6, 6.07) is 0. The fourth-order valence-electron chi connectivity index (χ4n) is 10.8. The standard InChI is InChI=1S/C53H98O32/c1-26(2)34-30(22-68-14-7-54)79-52(45(35(34)62)71-17-10-57)84-42-29(21-61)78-53(48(39(42)66)74-20-13-60)85-43-33(25-75-41-31(23-69-15-8-55)81-50(76-27(3)4)46(38(41)65)72-18-11-58)80-49(37(64)36(43)63)83-44-32(24-70-16-9-56)82-51(77-28(5)6)47(40(44)67)73-19-12-59/h26-67H,7-25H2,1-6H3/t29?,30?,31?,32?,33?,34-,35?,36?,37?,38+,39?,40?,41-,42+,43+,44+,45?,46?,47?,48?,49+,50-,51-,52+,53+/m1/s1. The van der Waals surface area contributed by atoms with Crippen molar-refractivity contribution >= 4 is 0 Å². The highest BCUT2D eigenvalue weighted by atomic mass is 16.8. The summed E-state index contributed by atoms with van der Waals surface area (Å²) in [4.78, 5) is 0. The summed E-state index contributed by atoms with van der Waals surface area (Å²) in [5.41, 5.74) is 0. The van der Waals surface area contributed by atoms with E-state index >= 15 is 0 Å². The van der Waals surface area contributed by atoms with Crippen LogP contribution in [0.25, 0.3) is 0 Å². The topological polar surface area (TPSA) is 449 Å². The molecule has 5 heterocycles. The maximum Gasteiger partial charge on any atom is 0.187 e. The monoisotopic (exact) mass is 1250 g/mol. The lowest BCUT2D eigenvalue weighted by Gasteiger charge is -2.51. The summed E-state index contributed by atoms with van der Waals surface area (Å²) in [7, 11) is 0. The maximum atomic E-state index is 12.3. The Morgan fingerprint density at radius 1 is 0.306 bits per heavy atom. The minimum absolute atomic E-state index is 0.0629. The predicted molar refractivity (Wildman–Crippen MR) is 283 cm³/mol. The van der Waals surface area contributed by atoms with Crippen molar-refractivity contribution in [3.8, 4) is 0 Å². The summed E-state index contributed by atoms with van der Waals surface area (Å²) in [5.74, 6) is -0.862. The van der Waals surface area contributed by atoms with E-state index < -0.39 is 218 Å². The van der Waals surface area contributed by atoms with Crippen LogP contribution in [0.15, 0.2) is 0 Å². The highest BCUT2D eigenvalue weighted by Crippen LogP contribution is 2.39. The van der Waals surface area contributed by atoms with E-state index in [4.69, 9.17) is 85.3 Å². The van der Waals surface area contributed by atoms with Crippen LogP contribution in [0, 0.1) is 11.8 Å².